The van der Waals surface area contributed by atoms with Crippen LogP contribution in [0.1, 0.15) is 16.7 Å². The second-order valence-electron chi connectivity index (χ2n) is 5.75. The number of halogens is 1. The highest BCUT2D eigenvalue weighted by Crippen LogP contribution is 2.27. The molecule has 0 amide bonds. The van der Waals surface area contributed by atoms with Crippen LogP contribution < -0.4 is 10.1 Å². The number of fused-ring (bicyclic) bond motifs is 1. The van der Waals surface area contributed by atoms with Gasteiger partial charge in [0.05, 0.1) is 17.3 Å². The fourth-order valence-corrected chi connectivity index (χ4v) is 3.60. The standard InChI is InChI=1S/C18H20ClNO2S/c1-23(21)12-14-2-4-16(19)17(11-14)20-8-6-13-3-5-18-15(10-13)7-9-22-18/h2-5,10-11,20H,6-9,12H2,1H3. The van der Waals surface area contributed by atoms with Gasteiger partial charge in [-0.2, -0.15) is 0 Å². The molecule has 0 aliphatic carbocycles. The maximum atomic E-state index is 11.3. The second-order valence-corrected chi connectivity index (χ2v) is 7.59. The molecule has 0 spiro atoms. The Balaban J connectivity index is 1.61. The van der Waals surface area contributed by atoms with Crippen LogP contribution >= 0.6 is 11.6 Å². The first-order valence-electron chi connectivity index (χ1n) is 7.69. The summed E-state index contributed by atoms with van der Waals surface area (Å²) < 4.78 is 16.9. The van der Waals surface area contributed by atoms with Crippen molar-refractivity contribution in [3.8, 4) is 5.75 Å². The van der Waals surface area contributed by atoms with E-state index in [0.717, 1.165) is 43.0 Å². The van der Waals surface area contributed by atoms with Gasteiger partial charge >= 0.3 is 0 Å². The summed E-state index contributed by atoms with van der Waals surface area (Å²) >= 11 is 6.24. The molecule has 2 aromatic carbocycles. The normalized spacial score (nSPS) is 14.2. The van der Waals surface area contributed by atoms with Crippen LogP contribution in [-0.4, -0.2) is 23.6 Å². The Morgan fingerprint density at radius 3 is 2.87 bits per heavy atom. The number of anilines is 1. The average molecular weight is 350 g/mol. The fraction of sp³-hybridized carbons (Fsp3) is 0.333. The van der Waals surface area contributed by atoms with Crippen molar-refractivity contribution < 1.29 is 8.95 Å². The summed E-state index contributed by atoms with van der Waals surface area (Å²) in [6.07, 6.45) is 3.63. The average Bonchev–Trinajstić information content (AvgIpc) is 2.97. The quantitative estimate of drug-likeness (QED) is 0.861. The highest BCUT2D eigenvalue weighted by Gasteiger charge is 2.11. The topological polar surface area (TPSA) is 38.3 Å². The molecule has 0 fully saturated rings. The van der Waals surface area contributed by atoms with E-state index in [0.29, 0.717) is 10.8 Å². The van der Waals surface area contributed by atoms with Gasteiger partial charge in [0, 0.05) is 35.8 Å². The van der Waals surface area contributed by atoms with E-state index < -0.39 is 10.8 Å². The lowest BCUT2D eigenvalue weighted by Crippen LogP contribution is -2.06. The summed E-state index contributed by atoms with van der Waals surface area (Å²) in [5.74, 6) is 1.57. The summed E-state index contributed by atoms with van der Waals surface area (Å²) in [7, 11) is -0.850. The van der Waals surface area contributed by atoms with Crippen LogP contribution in [0.4, 0.5) is 5.69 Å². The summed E-state index contributed by atoms with van der Waals surface area (Å²) in [6.45, 7) is 1.59. The molecule has 1 heterocycles. The van der Waals surface area contributed by atoms with Crippen molar-refractivity contribution in [2.75, 3.05) is 24.7 Å². The highest BCUT2D eigenvalue weighted by atomic mass is 35.5. The molecule has 0 saturated heterocycles. The van der Waals surface area contributed by atoms with Crippen molar-refractivity contribution in [3.05, 3.63) is 58.1 Å². The van der Waals surface area contributed by atoms with E-state index in [1.54, 1.807) is 6.26 Å². The SMILES string of the molecule is CS(=O)Cc1ccc(Cl)c(NCCc2ccc3c(c2)CCO3)c1. The Bertz CT molecular complexity index is 733. The Morgan fingerprint density at radius 1 is 1.22 bits per heavy atom. The van der Waals surface area contributed by atoms with Crippen LogP contribution in [0.2, 0.25) is 5.02 Å². The highest BCUT2D eigenvalue weighted by molar-refractivity contribution is 7.83. The third kappa shape index (κ3) is 4.27. The number of benzene rings is 2. The largest absolute Gasteiger partial charge is 0.493 e. The molecule has 0 saturated carbocycles. The smallest absolute Gasteiger partial charge is 0.122 e. The zero-order chi connectivity index (χ0) is 16.2. The molecular formula is C18H20ClNO2S. The monoisotopic (exact) mass is 349 g/mol. The molecule has 23 heavy (non-hydrogen) atoms. The van der Waals surface area contributed by atoms with Gasteiger partial charge in [0.1, 0.15) is 5.75 Å². The van der Waals surface area contributed by atoms with E-state index in [-0.39, 0.29) is 0 Å². The van der Waals surface area contributed by atoms with Crippen molar-refractivity contribution in [1.82, 2.24) is 0 Å². The first kappa shape index (κ1) is 16.3. The predicted molar refractivity (Wildman–Crippen MR) is 97.1 cm³/mol. The fourth-order valence-electron chi connectivity index (χ4n) is 2.77. The Labute approximate surface area is 144 Å². The third-order valence-electron chi connectivity index (χ3n) is 3.88. The van der Waals surface area contributed by atoms with Crippen LogP contribution in [0.5, 0.6) is 5.75 Å². The van der Waals surface area contributed by atoms with Crippen LogP contribution in [0.15, 0.2) is 36.4 Å². The van der Waals surface area contributed by atoms with Gasteiger partial charge in [-0.1, -0.05) is 29.8 Å². The zero-order valence-electron chi connectivity index (χ0n) is 13.1. The van der Waals surface area contributed by atoms with Crippen molar-refractivity contribution >= 4 is 28.1 Å². The van der Waals surface area contributed by atoms with Gasteiger partial charge in [-0.05, 0) is 41.3 Å². The lowest BCUT2D eigenvalue weighted by atomic mass is 10.1. The number of rotatable bonds is 6. The molecule has 0 radical (unpaired) electrons. The maximum absolute atomic E-state index is 11.3. The molecule has 1 aliphatic heterocycles. The van der Waals surface area contributed by atoms with Gasteiger partial charge in [-0.3, -0.25) is 4.21 Å². The minimum Gasteiger partial charge on any atom is -0.493 e. The summed E-state index contributed by atoms with van der Waals surface area (Å²) in [6, 6.07) is 12.2. The van der Waals surface area contributed by atoms with E-state index in [4.69, 9.17) is 16.3 Å². The third-order valence-corrected chi connectivity index (χ3v) is 4.95. The Hall–Kier alpha value is -1.52. The number of ether oxygens (including phenoxy) is 1. The molecule has 3 rings (SSSR count). The lowest BCUT2D eigenvalue weighted by molar-refractivity contribution is 0.357. The van der Waals surface area contributed by atoms with Crippen molar-refractivity contribution in [2.45, 2.75) is 18.6 Å². The van der Waals surface area contributed by atoms with Gasteiger partial charge < -0.3 is 10.1 Å². The Morgan fingerprint density at radius 2 is 2.04 bits per heavy atom. The van der Waals surface area contributed by atoms with Crippen molar-refractivity contribution in [3.63, 3.8) is 0 Å². The van der Waals surface area contributed by atoms with E-state index in [2.05, 4.69) is 23.5 Å². The van der Waals surface area contributed by atoms with Crippen LogP contribution in [-0.2, 0) is 29.4 Å². The maximum Gasteiger partial charge on any atom is 0.122 e. The lowest BCUT2D eigenvalue weighted by Gasteiger charge is -2.11. The minimum atomic E-state index is -0.850. The first-order chi connectivity index (χ1) is 11.1. The molecule has 3 nitrogen and oxygen atoms in total. The zero-order valence-corrected chi connectivity index (χ0v) is 14.7. The van der Waals surface area contributed by atoms with Crippen LogP contribution in [0, 0.1) is 0 Å². The molecule has 5 heteroatoms. The van der Waals surface area contributed by atoms with E-state index >= 15 is 0 Å². The van der Waals surface area contributed by atoms with Gasteiger partial charge in [0.15, 0.2) is 0 Å². The molecule has 1 unspecified atom stereocenters. The summed E-state index contributed by atoms with van der Waals surface area (Å²) in [4.78, 5) is 0. The van der Waals surface area contributed by atoms with Crippen molar-refractivity contribution in [1.29, 1.82) is 0 Å². The van der Waals surface area contributed by atoms with Crippen molar-refractivity contribution in [2.24, 2.45) is 0 Å². The summed E-state index contributed by atoms with van der Waals surface area (Å²) in [5, 5.41) is 4.07. The van der Waals surface area contributed by atoms with E-state index in [1.165, 1.54) is 11.1 Å². The molecule has 1 aliphatic rings. The van der Waals surface area contributed by atoms with Crippen LogP contribution in [0.3, 0.4) is 0 Å². The molecular weight excluding hydrogens is 330 g/mol. The number of nitrogens with one attached hydrogen (secondary N) is 1. The molecule has 0 aromatic heterocycles. The minimum absolute atomic E-state index is 0.552. The number of hydrogen-bond acceptors (Lipinski definition) is 3. The molecule has 1 atom stereocenters. The van der Waals surface area contributed by atoms with Gasteiger partial charge in [0.25, 0.3) is 0 Å². The van der Waals surface area contributed by atoms with Gasteiger partial charge in [0.2, 0.25) is 0 Å². The second kappa shape index (κ2) is 7.37. The molecule has 122 valence electrons. The molecule has 0 bridgehead atoms. The molecule has 2 aromatic rings. The van der Waals surface area contributed by atoms with E-state index in [1.807, 2.05) is 18.2 Å². The van der Waals surface area contributed by atoms with E-state index in [9.17, 15) is 4.21 Å². The van der Waals surface area contributed by atoms with Gasteiger partial charge in [-0.15, -0.1) is 0 Å². The first-order valence-corrected chi connectivity index (χ1v) is 9.79. The Kier molecular flexibility index (Phi) is 5.23. The summed E-state index contributed by atoms with van der Waals surface area (Å²) in [5.41, 5.74) is 4.53. The number of hydrogen-bond donors (Lipinski definition) is 1. The van der Waals surface area contributed by atoms with Gasteiger partial charge in [-0.25, -0.2) is 0 Å². The predicted octanol–water partition coefficient (Wildman–Crippen LogP) is 3.81. The molecule has 1 N–H and O–H groups in total. The van der Waals surface area contributed by atoms with Crippen LogP contribution in [0.25, 0.3) is 0 Å².